The molecule has 14 nitrogen and oxygen atoms in total. The standard InChI is InChI=1S/C51H66N6O8/c1-37(53-35-47(59)65-51(2,3)4)48(60)43-34-40(52-5)25-26-45(43)57(50(62)63-36-38-18-10-7-11-19-38)29-17-9-14-24-46(58)55(6)32-33-56-30-27-41(28-31-56)64-49(61)54-44-23-16-15-22-42(44)39-20-12-8-13-21-39/h7-8,10-13,15-16,18-23,25-26,34,37,41,52-53H,9,14,17,24,27-33,35-36H2,1-6H3,(H,54,61)/t37-/m0/s1. The molecule has 1 saturated heterocycles. The molecule has 0 saturated carbocycles. The zero-order chi connectivity index (χ0) is 46.8. The van der Waals surface area contributed by atoms with Crippen LogP contribution in [0.15, 0.2) is 103 Å². The minimum absolute atomic E-state index is 0.0400. The molecular weight excluding hydrogens is 825 g/mol. The molecule has 4 aromatic carbocycles. The average Bonchev–Trinajstić information content (AvgIpc) is 3.30. The lowest BCUT2D eigenvalue weighted by atomic mass is 10.0. The molecule has 1 fully saturated rings. The van der Waals surface area contributed by atoms with Gasteiger partial charge < -0.3 is 29.3 Å². The summed E-state index contributed by atoms with van der Waals surface area (Å²) in [7, 11) is 3.56. The number of nitrogens with one attached hydrogen (secondary N) is 3. The number of piperidine rings is 1. The van der Waals surface area contributed by atoms with Gasteiger partial charge in [-0.2, -0.15) is 0 Å². The van der Waals surface area contributed by atoms with Crippen LogP contribution in [0.4, 0.5) is 26.7 Å². The van der Waals surface area contributed by atoms with E-state index in [2.05, 4.69) is 20.9 Å². The number of likely N-dealkylation sites (N-methyl/N-ethyl adjacent to an activating group) is 1. The molecule has 0 unspecified atom stereocenters. The van der Waals surface area contributed by atoms with E-state index >= 15 is 0 Å². The molecule has 0 radical (unpaired) electrons. The second-order valence-corrected chi connectivity index (χ2v) is 17.3. The summed E-state index contributed by atoms with van der Waals surface area (Å²) in [6.07, 6.45) is 2.35. The molecule has 14 heteroatoms. The van der Waals surface area contributed by atoms with Gasteiger partial charge in [0.1, 0.15) is 18.3 Å². The maximum Gasteiger partial charge on any atom is 0.414 e. The number of likely N-dealkylation sites (tertiary alicyclic amines) is 1. The Labute approximate surface area is 384 Å². The van der Waals surface area contributed by atoms with Gasteiger partial charge in [-0.05, 0) is 88.8 Å². The molecule has 3 N–H and O–H groups in total. The molecular formula is C51H66N6O8. The summed E-state index contributed by atoms with van der Waals surface area (Å²) in [4.78, 5) is 71.8. The minimum Gasteiger partial charge on any atom is -0.459 e. The minimum atomic E-state index is -0.771. The van der Waals surface area contributed by atoms with E-state index in [9.17, 15) is 24.0 Å². The summed E-state index contributed by atoms with van der Waals surface area (Å²) in [6, 6.07) is 31.4. The van der Waals surface area contributed by atoms with Crippen LogP contribution in [0.3, 0.4) is 0 Å². The highest BCUT2D eigenvalue weighted by Crippen LogP contribution is 2.29. The highest BCUT2D eigenvalue weighted by atomic mass is 16.6. The zero-order valence-corrected chi connectivity index (χ0v) is 38.8. The normalized spacial score (nSPS) is 13.6. The number of carbonyl (C=O) groups is 5. The van der Waals surface area contributed by atoms with Gasteiger partial charge in [0.05, 0.1) is 24.0 Å². The third-order valence-electron chi connectivity index (χ3n) is 11.1. The van der Waals surface area contributed by atoms with Crippen molar-refractivity contribution in [3.05, 3.63) is 114 Å². The largest absolute Gasteiger partial charge is 0.459 e. The molecule has 1 heterocycles. The molecule has 0 aromatic heterocycles. The molecule has 0 spiro atoms. The Morgan fingerprint density at radius 2 is 1.51 bits per heavy atom. The first-order valence-electron chi connectivity index (χ1n) is 22.6. The van der Waals surface area contributed by atoms with Crippen molar-refractivity contribution in [3.8, 4) is 11.1 Å². The molecule has 1 aliphatic heterocycles. The van der Waals surface area contributed by atoms with Gasteiger partial charge in [-0.1, -0.05) is 85.3 Å². The maximum atomic E-state index is 14.0. The number of esters is 1. The zero-order valence-electron chi connectivity index (χ0n) is 38.8. The Morgan fingerprint density at radius 1 is 0.831 bits per heavy atom. The van der Waals surface area contributed by atoms with E-state index in [-0.39, 0.29) is 43.1 Å². The Balaban J connectivity index is 1.09. The van der Waals surface area contributed by atoms with Crippen LogP contribution in [0, 0.1) is 0 Å². The van der Waals surface area contributed by atoms with E-state index in [0.29, 0.717) is 68.7 Å². The molecule has 1 aliphatic rings. The van der Waals surface area contributed by atoms with Crippen molar-refractivity contribution < 1.29 is 38.2 Å². The predicted octanol–water partition coefficient (Wildman–Crippen LogP) is 8.77. The summed E-state index contributed by atoms with van der Waals surface area (Å²) < 4.78 is 17.0. The fraction of sp³-hybridized carbons (Fsp3) is 0.431. The molecule has 3 amide bonds. The Kier molecular flexibility index (Phi) is 18.9. The number of rotatable bonds is 21. The maximum absolute atomic E-state index is 14.0. The Morgan fingerprint density at radius 3 is 2.20 bits per heavy atom. The number of amides is 3. The summed E-state index contributed by atoms with van der Waals surface area (Å²) in [5, 5.41) is 8.97. The molecule has 65 heavy (non-hydrogen) atoms. The number of para-hydroxylation sites is 1. The van der Waals surface area contributed by atoms with Gasteiger partial charge in [0.2, 0.25) is 5.91 Å². The van der Waals surface area contributed by atoms with E-state index < -0.39 is 29.8 Å². The number of anilines is 3. The molecule has 348 valence electrons. The van der Waals surface area contributed by atoms with Crippen molar-refractivity contribution in [1.82, 2.24) is 15.1 Å². The number of Topliss-reactive ketones (excluding diaryl/α,β-unsaturated/α-hetero) is 1. The summed E-state index contributed by atoms with van der Waals surface area (Å²) in [6.45, 7) is 9.96. The van der Waals surface area contributed by atoms with Crippen molar-refractivity contribution in [3.63, 3.8) is 0 Å². The predicted molar refractivity (Wildman–Crippen MR) is 255 cm³/mol. The third-order valence-corrected chi connectivity index (χ3v) is 11.1. The lowest BCUT2D eigenvalue weighted by Gasteiger charge is -2.32. The van der Waals surface area contributed by atoms with Crippen molar-refractivity contribution >= 4 is 46.9 Å². The fourth-order valence-corrected chi connectivity index (χ4v) is 7.50. The van der Waals surface area contributed by atoms with Gasteiger partial charge in [0.25, 0.3) is 0 Å². The van der Waals surface area contributed by atoms with E-state index in [1.807, 2.05) is 92.0 Å². The number of benzene rings is 4. The van der Waals surface area contributed by atoms with Crippen molar-refractivity contribution in [2.24, 2.45) is 0 Å². The molecule has 4 aromatic rings. The fourth-order valence-electron chi connectivity index (χ4n) is 7.50. The topological polar surface area (TPSA) is 159 Å². The van der Waals surface area contributed by atoms with Gasteiger partial charge in [0.15, 0.2) is 5.78 Å². The first-order valence-corrected chi connectivity index (χ1v) is 22.6. The van der Waals surface area contributed by atoms with Crippen LogP contribution in [0.25, 0.3) is 11.1 Å². The van der Waals surface area contributed by atoms with Crippen LogP contribution in [-0.2, 0) is 30.4 Å². The second kappa shape index (κ2) is 24.7. The van der Waals surface area contributed by atoms with E-state index in [4.69, 9.17) is 14.2 Å². The molecule has 1 atom stereocenters. The van der Waals surface area contributed by atoms with Crippen molar-refractivity contribution in [2.75, 3.05) is 68.9 Å². The van der Waals surface area contributed by atoms with Gasteiger partial charge in [-0.15, -0.1) is 0 Å². The average molecular weight is 891 g/mol. The number of nitrogens with zero attached hydrogens (tertiary/aromatic N) is 3. The van der Waals surface area contributed by atoms with Gasteiger partial charge >= 0.3 is 18.2 Å². The van der Waals surface area contributed by atoms with Crippen LogP contribution in [0.2, 0.25) is 0 Å². The van der Waals surface area contributed by atoms with Gasteiger partial charge in [-0.3, -0.25) is 29.9 Å². The molecule has 0 aliphatic carbocycles. The van der Waals surface area contributed by atoms with Gasteiger partial charge in [-0.25, -0.2) is 9.59 Å². The molecule has 0 bridgehead atoms. The third kappa shape index (κ3) is 16.1. The van der Waals surface area contributed by atoms with E-state index in [1.165, 1.54) is 4.90 Å². The van der Waals surface area contributed by atoms with Crippen LogP contribution < -0.4 is 20.9 Å². The van der Waals surface area contributed by atoms with Crippen molar-refractivity contribution in [2.45, 2.75) is 90.6 Å². The van der Waals surface area contributed by atoms with Crippen LogP contribution in [-0.4, -0.2) is 111 Å². The smallest absolute Gasteiger partial charge is 0.414 e. The summed E-state index contributed by atoms with van der Waals surface area (Å²) >= 11 is 0. The number of unbranched alkanes of at least 4 members (excludes halogenated alkanes) is 2. The monoisotopic (exact) mass is 890 g/mol. The highest BCUT2D eigenvalue weighted by Gasteiger charge is 2.28. The molecule has 5 rings (SSSR count). The number of ether oxygens (including phenoxy) is 3. The summed E-state index contributed by atoms with van der Waals surface area (Å²) in [5.41, 5.74) is 4.15. The SMILES string of the molecule is CNc1ccc(N(CCCCCC(=O)N(C)CCN2CCC(OC(=O)Nc3ccccc3-c3ccccc3)CC2)C(=O)OCc2ccccc2)c(C(=O)[C@H](C)NCC(=O)OC(C)(C)C)c1. The quantitative estimate of drug-likeness (QED) is 0.0318. The van der Waals surface area contributed by atoms with Gasteiger partial charge in [0, 0.05) is 70.1 Å². The van der Waals surface area contributed by atoms with Crippen LogP contribution in [0.1, 0.15) is 82.1 Å². The Hall–Kier alpha value is -6.25. The van der Waals surface area contributed by atoms with Crippen molar-refractivity contribution in [1.29, 1.82) is 0 Å². The lowest BCUT2D eigenvalue weighted by Crippen LogP contribution is -2.42. The van der Waals surface area contributed by atoms with Crippen LogP contribution >= 0.6 is 0 Å². The van der Waals surface area contributed by atoms with E-state index in [1.54, 1.807) is 57.8 Å². The first kappa shape index (κ1) is 49.8. The summed E-state index contributed by atoms with van der Waals surface area (Å²) in [5.74, 6) is -0.750. The van der Waals surface area contributed by atoms with Crippen LogP contribution in [0.5, 0.6) is 0 Å². The van der Waals surface area contributed by atoms with E-state index in [0.717, 1.165) is 29.8 Å². The number of hydrogen-bond acceptors (Lipinski definition) is 11. The number of carbonyl (C=O) groups excluding carboxylic acids is 5. The Bertz CT molecular complexity index is 2170. The lowest BCUT2D eigenvalue weighted by molar-refractivity contribution is -0.153. The number of hydrogen-bond donors (Lipinski definition) is 3. The highest BCUT2D eigenvalue weighted by molar-refractivity contribution is 6.08. The second-order valence-electron chi connectivity index (χ2n) is 17.3. The first-order chi connectivity index (χ1) is 31.2. The number of ketones is 1.